The summed E-state index contributed by atoms with van der Waals surface area (Å²) in [5.41, 5.74) is 2.04. The van der Waals surface area contributed by atoms with Crippen molar-refractivity contribution in [2.75, 3.05) is 5.32 Å². The van der Waals surface area contributed by atoms with Crippen LogP contribution in [0, 0.1) is 0 Å². The fraction of sp³-hybridized carbons (Fsp3) is 0.111. The predicted molar refractivity (Wildman–Crippen MR) is 61.4 cm³/mol. The minimum atomic E-state index is 0.715. The van der Waals surface area contributed by atoms with Crippen molar-refractivity contribution in [1.82, 2.24) is 8.75 Å². The molecular weight excluding hydrogens is 262 g/mol. The molecule has 72 valence electrons. The number of benzene rings is 1. The maximum Gasteiger partial charge on any atom is 0.0933 e. The van der Waals surface area contributed by atoms with Gasteiger partial charge in [-0.2, -0.15) is 8.75 Å². The summed E-state index contributed by atoms with van der Waals surface area (Å²) in [5, 5.41) is 3.26. The highest BCUT2D eigenvalue weighted by molar-refractivity contribution is 9.10. The molecule has 0 aliphatic carbocycles. The molecule has 0 saturated carbocycles. The van der Waals surface area contributed by atoms with Gasteiger partial charge in [0.2, 0.25) is 0 Å². The first kappa shape index (κ1) is 9.61. The molecule has 1 aromatic heterocycles. The topological polar surface area (TPSA) is 37.8 Å². The lowest BCUT2D eigenvalue weighted by Crippen LogP contribution is -1.98. The number of nitrogens with one attached hydrogen (secondary N) is 1. The van der Waals surface area contributed by atoms with Crippen molar-refractivity contribution in [2.45, 2.75) is 6.54 Å². The summed E-state index contributed by atoms with van der Waals surface area (Å²) < 4.78 is 9.11. The van der Waals surface area contributed by atoms with Crippen LogP contribution in [0.1, 0.15) is 5.69 Å². The fourth-order valence-electron chi connectivity index (χ4n) is 1.05. The Balaban J connectivity index is 1.98. The summed E-state index contributed by atoms with van der Waals surface area (Å²) in [7, 11) is 0. The van der Waals surface area contributed by atoms with Crippen molar-refractivity contribution in [3.05, 3.63) is 40.6 Å². The van der Waals surface area contributed by atoms with Gasteiger partial charge in [0.05, 0.1) is 30.2 Å². The SMILES string of the molecule is Brc1cccc(NCc2cnsn2)c1. The van der Waals surface area contributed by atoms with Crippen molar-refractivity contribution in [3.8, 4) is 0 Å². The van der Waals surface area contributed by atoms with E-state index in [9.17, 15) is 0 Å². The van der Waals surface area contributed by atoms with Gasteiger partial charge in [-0.05, 0) is 18.2 Å². The molecule has 3 nitrogen and oxygen atoms in total. The van der Waals surface area contributed by atoms with E-state index in [0.717, 1.165) is 15.9 Å². The molecule has 5 heteroatoms. The number of hydrogen-bond donors (Lipinski definition) is 1. The summed E-state index contributed by atoms with van der Waals surface area (Å²) in [6.45, 7) is 0.715. The first-order valence-electron chi connectivity index (χ1n) is 4.10. The van der Waals surface area contributed by atoms with Crippen molar-refractivity contribution < 1.29 is 0 Å². The van der Waals surface area contributed by atoms with Gasteiger partial charge in [0.25, 0.3) is 0 Å². The van der Waals surface area contributed by atoms with Crippen LogP contribution in [0.25, 0.3) is 0 Å². The van der Waals surface area contributed by atoms with Crippen LogP contribution < -0.4 is 5.32 Å². The second-order valence-electron chi connectivity index (χ2n) is 2.76. The van der Waals surface area contributed by atoms with E-state index in [1.165, 1.54) is 11.7 Å². The Morgan fingerprint density at radius 3 is 3.07 bits per heavy atom. The van der Waals surface area contributed by atoms with Gasteiger partial charge in [0.15, 0.2) is 0 Å². The molecule has 1 aromatic carbocycles. The predicted octanol–water partition coefficient (Wildman–Crippen LogP) is 2.91. The Kier molecular flexibility index (Phi) is 3.10. The summed E-state index contributed by atoms with van der Waals surface area (Å²) in [4.78, 5) is 0. The third-order valence-corrected chi connectivity index (χ3v) is 2.71. The number of halogens is 1. The largest absolute Gasteiger partial charge is 0.379 e. The van der Waals surface area contributed by atoms with Crippen LogP contribution in [0.2, 0.25) is 0 Å². The Labute approximate surface area is 94.6 Å². The van der Waals surface area contributed by atoms with Crippen LogP contribution in [0.3, 0.4) is 0 Å². The quantitative estimate of drug-likeness (QED) is 0.931. The molecule has 1 heterocycles. The zero-order valence-electron chi connectivity index (χ0n) is 7.27. The van der Waals surface area contributed by atoms with Crippen LogP contribution in [-0.4, -0.2) is 8.75 Å². The average Bonchev–Trinajstić information content (AvgIpc) is 2.67. The van der Waals surface area contributed by atoms with E-state index in [0.29, 0.717) is 6.54 Å². The molecule has 0 atom stereocenters. The second kappa shape index (κ2) is 4.52. The molecule has 0 bridgehead atoms. The van der Waals surface area contributed by atoms with Gasteiger partial charge in [-0.1, -0.05) is 22.0 Å². The highest BCUT2D eigenvalue weighted by Gasteiger charge is 1.96. The average molecular weight is 270 g/mol. The van der Waals surface area contributed by atoms with Crippen LogP contribution in [0.15, 0.2) is 34.9 Å². The van der Waals surface area contributed by atoms with Gasteiger partial charge < -0.3 is 5.32 Å². The van der Waals surface area contributed by atoms with Crippen molar-refractivity contribution in [3.63, 3.8) is 0 Å². The van der Waals surface area contributed by atoms with Gasteiger partial charge in [-0.15, -0.1) is 0 Å². The molecule has 1 N–H and O–H groups in total. The number of rotatable bonds is 3. The molecule has 0 radical (unpaired) electrons. The zero-order valence-corrected chi connectivity index (χ0v) is 9.68. The molecule has 2 aromatic rings. The summed E-state index contributed by atoms with van der Waals surface area (Å²) >= 11 is 4.64. The molecule has 0 amide bonds. The van der Waals surface area contributed by atoms with Crippen molar-refractivity contribution in [1.29, 1.82) is 0 Å². The van der Waals surface area contributed by atoms with Crippen molar-refractivity contribution in [2.24, 2.45) is 0 Å². The summed E-state index contributed by atoms with van der Waals surface area (Å²) in [6, 6.07) is 8.03. The van der Waals surface area contributed by atoms with E-state index in [2.05, 4.69) is 30.0 Å². The maximum absolute atomic E-state index is 4.11. The first-order chi connectivity index (χ1) is 6.84. The Bertz CT molecular complexity index is 402. The minimum Gasteiger partial charge on any atom is -0.379 e. The molecule has 0 unspecified atom stereocenters. The lowest BCUT2D eigenvalue weighted by molar-refractivity contribution is 1.09. The highest BCUT2D eigenvalue weighted by atomic mass is 79.9. The fourth-order valence-corrected chi connectivity index (χ4v) is 1.88. The zero-order chi connectivity index (χ0) is 9.80. The number of hydrogen-bond acceptors (Lipinski definition) is 4. The van der Waals surface area contributed by atoms with Gasteiger partial charge in [0, 0.05) is 10.2 Å². The number of anilines is 1. The van der Waals surface area contributed by atoms with E-state index in [4.69, 9.17) is 0 Å². The van der Waals surface area contributed by atoms with Gasteiger partial charge in [0.1, 0.15) is 0 Å². The van der Waals surface area contributed by atoms with E-state index in [1.54, 1.807) is 6.20 Å². The van der Waals surface area contributed by atoms with E-state index in [1.807, 2.05) is 24.3 Å². The van der Waals surface area contributed by atoms with Gasteiger partial charge >= 0.3 is 0 Å². The normalized spacial score (nSPS) is 10.1. The van der Waals surface area contributed by atoms with Gasteiger partial charge in [-0.3, -0.25) is 0 Å². The highest BCUT2D eigenvalue weighted by Crippen LogP contribution is 2.16. The third-order valence-electron chi connectivity index (χ3n) is 1.71. The molecule has 0 spiro atoms. The van der Waals surface area contributed by atoms with Crippen LogP contribution in [0.4, 0.5) is 5.69 Å². The molecule has 2 rings (SSSR count). The molecule has 0 aliphatic rings. The van der Waals surface area contributed by atoms with Crippen molar-refractivity contribution >= 4 is 33.3 Å². The lowest BCUT2D eigenvalue weighted by atomic mass is 10.3. The maximum atomic E-state index is 4.11. The Morgan fingerprint density at radius 2 is 2.36 bits per heavy atom. The minimum absolute atomic E-state index is 0.715. The lowest BCUT2D eigenvalue weighted by Gasteiger charge is -2.03. The monoisotopic (exact) mass is 269 g/mol. The first-order valence-corrected chi connectivity index (χ1v) is 5.63. The van der Waals surface area contributed by atoms with Crippen LogP contribution >= 0.6 is 27.7 Å². The molecule has 0 fully saturated rings. The molecule has 0 saturated heterocycles. The molecule has 14 heavy (non-hydrogen) atoms. The number of aromatic nitrogens is 2. The molecule has 0 aliphatic heterocycles. The van der Waals surface area contributed by atoms with Crippen LogP contribution in [0.5, 0.6) is 0 Å². The number of nitrogens with zero attached hydrogens (tertiary/aromatic N) is 2. The van der Waals surface area contributed by atoms with Gasteiger partial charge in [-0.25, -0.2) is 0 Å². The Hall–Kier alpha value is -0.940. The third kappa shape index (κ3) is 2.52. The second-order valence-corrected chi connectivity index (χ2v) is 4.24. The Morgan fingerprint density at radius 1 is 1.43 bits per heavy atom. The van der Waals surface area contributed by atoms with E-state index in [-0.39, 0.29) is 0 Å². The van der Waals surface area contributed by atoms with E-state index >= 15 is 0 Å². The molecular formula is C9H8BrN3S. The van der Waals surface area contributed by atoms with E-state index < -0.39 is 0 Å². The van der Waals surface area contributed by atoms with Crippen LogP contribution in [-0.2, 0) is 6.54 Å². The summed E-state index contributed by atoms with van der Waals surface area (Å²) in [5.74, 6) is 0. The standard InChI is InChI=1S/C9H8BrN3S/c10-7-2-1-3-8(4-7)11-5-9-6-12-14-13-9/h1-4,6,11H,5H2. The smallest absolute Gasteiger partial charge is 0.0933 e. The summed E-state index contributed by atoms with van der Waals surface area (Å²) in [6.07, 6.45) is 1.77.